The lowest BCUT2D eigenvalue weighted by Crippen LogP contribution is -2.14. The van der Waals surface area contributed by atoms with Crippen molar-refractivity contribution >= 4 is 11.7 Å². The molecule has 0 saturated heterocycles. The highest BCUT2D eigenvalue weighted by Crippen LogP contribution is 2.26. The number of anilines is 1. The number of hydrogen-bond acceptors (Lipinski definition) is 5. The lowest BCUT2D eigenvalue weighted by Gasteiger charge is -2.05. The Morgan fingerprint density at radius 1 is 1.32 bits per heavy atom. The maximum absolute atomic E-state index is 13.0. The van der Waals surface area contributed by atoms with Crippen LogP contribution < -0.4 is 5.32 Å². The molecule has 3 rings (SSSR count). The SMILES string of the molecule is Cn1ncc(C#N)c1NC(=O)c1ccc(Cn2nc(C(F)F)cc2C(F)F)o1. The van der Waals surface area contributed by atoms with Crippen LogP contribution in [0.3, 0.4) is 0 Å². The molecular formula is C16H12F4N6O2. The molecule has 0 aliphatic carbocycles. The Kier molecular flexibility index (Phi) is 5.16. The fourth-order valence-electron chi connectivity index (χ4n) is 2.43. The molecule has 3 aromatic heterocycles. The Morgan fingerprint density at radius 3 is 2.71 bits per heavy atom. The number of nitriles is 1. The molecule has 0 aliphatic rings. The van der Waals surface area contributed by atoms with Crippen molar-refractivity contribution in [3.8, 4) is 6.07 Å². The Bertz CT molecular complexity index is 1050. The van der Waals surface area contributed by atoms with E-state index in [0.29, 0.717) is 10.7 Å². The third kappa shape index (κ3) is 3.73. The van der Waals surface area contributed by atoms with Crippen molar-refractivity contribution < 1.29 is 26.8 Å². The molecule has 0 radical (unpaired) electrons. The van der Waals surface area contributed by atoms with Gasteiger partial charge in [-0.05, 0) is 18.2 Å². The molecule has 1 amide bonds. The molecule has 0 bridgehead atoms. The van der Waals surface area contributed by atoms with Crippen LogP contribution in [-0.4, -0.2) is 25.5 Å². The minimum atomic E-state index is -3.01. The van der Waals surface area contributed by atoms with Gasteiger partial charge in [0, 0.05) is 7.05 Å². The van der Waals surface area contributed by atoms with Gasteiger partial charge in [0.05, 0.1) is 12.7 Å². The molecule has 3 aromatic rings. The number of furan rings is 1. The van der Waals surface area contributed by atoms with Gasteiger partial charge in [0.25, 0.3) is 18.8 Å². The Hall–Kier alpha value is -3.62. The summed E-state index contributed by atoms with van der Waals surface area (Å²) in [5.41, 5.74) is -1.33. The van der Waals surface area contributed by atoms with E-state index in [0.717, 1.165) is 0 Å². The van der Waals surface area contributed by atoms with Gasteiger partial charge in [-0.1, -0.05) is 0 Å². The fourth-order valence-corrected chi connectivity index (χ4v) is 2.43. The van der Waals surface area contributed by atoms with E-state index in [9.17, 15) is 22.4 Å². The van der Waals surface area contributed by atoms with Crippen molar-refractivity contribution in [3.63, 3.8) is 0 Å². The number of nitrogens with zero attached hydrogens (tertiary/aromatic N) is 5. The van der Waals surface area contributed by atoms with Gasteiger partial charge in [-0.3, -0.25) is 14.2 Å². The number of aromatic nitrogens is 4. The summed E-state index contributed by atoms with van der Waals surface area (Å²) in [6, 6.07) is 5.11. The maximum Gasteiger partial charge on any atom is 0.292 e. The van der Waals surface area contributed by atoms with Crippen molar-refractivity contribution in [2.24, 2.45) is 7.05 Å². The van der Waals surface area contributed by atoms with Crippen molar-refractivity contribution in [1.29, 1.82) is 5.26 Å². The summed E-state index contributed by atoms with van der Waals surface area (Å²) in [5.74, 6) is -0.658. The van der Waals surface area contributed by atoms with E-state index >= 15 is 0 Å². The predicted octanol–water partition coefficient (Wildman–Crippen LogP) is 3.26. The first kappa shape index (κ1) is 19.2. The van der Waals surface area contributed by atoms with Gasteiger partial charge in [0.15, 0.2) is 5.76 Å². The summed E-state index contributed by atoms with van der Waals surface area (Å²) in [5, 5.41) is 18.7. The first-order valence-electron chi connectivity index (χ1n) is 7.76. The second-order valence-electron chi connectivity index (χ2n) is 5.62. The van der Waals surface area contributed by atoms with E-state index in [1.807, 2.05) is 6.07 Å². The van der Waals surface area contributed by atoms with Crippen LogP contribution in [0.25, 0.3) is 0 Å². The first-order chi connectivity index (χ1) is 13.3. The number of hydrogen-bond donors (Lipinski definition) is 1. The third-order valence-corrected chi connectivity index (χ3v) is 3.76. The second kappa shape index (κ2) is 7.55. The summed E-state index contributed by atoms with van der Waals surface area (Å²) < 4.78 is 58.8. The number of carbonyl (C=O) groups is 1. The smallest absolute Gasteiger partial charge is 0.292 e. The monoisotopic (exact) mass is 396 g/mol. The van der Waals surface area contributed by atoms with Crippen molar-refractivity contribution in [3.05, 3.63) is 52.9 Å². The van der Waals surface area contributed by atoms with Crippen molar-refractivity contribution in [1.82, 2.24) is 19.6 Å². The Morgan fingerprint density at radius 2 is 2.07 bits per heavy atom. The second-order valence-corrected chi connectivity index (χ2v) is 5.62. The first-order valence-corrected chi connectivity index (χ1v) is 7.76. The molecular weight excluding hydrogens is 384 g/mol. The van der Waals surface area contributed by atoms with E-state index in [1.54, 1.807) is 0 Å². The van der Waals surface area contributed by atoms with Gasteiger partial charge in [-0.15, -0.1) is 0 Å². The van der Waals surface area contributed by atoms with E-state index in [4.69, 9.17) is 9.68 Å². The Balaban J connectivity index is 1.78. The zero-order valence-corrected chi connectivity index (χ0v) is 14.2. The molecule has 0 unspecified atom stereocenters. The average molecular weight is 396 g/mol. The molecule has 0 aliphatic heterocycles. The number of amides is 1. The van der Waals surface area contributed by atoms with Gasteiger partial charge in [-0.25, -0.2) is 17.6 Å². The number of alkyl halides is 4. The highest BCUT2D eigenvalue weighted by atomic mass is 19.3. The molecule has 8 nitrogen and oxygen atoms in total. The summed E-state index contributed by atoms with van der Waals surface area (Å²) in [6.07, 6.45) is -4.73. The van der Waals surface area contributed by atoms with Crippen LogP contribution >= 0.6 is 0 Å². The van der Waals surface area contributed by atoms with Gasteiger partial charge in [-0.2, -0.15) is 15.5 Å². The Labute approximate surface area is 155 Å². The minimum absolute atomic E-state index is 0.0569. The molecule has 3 heterocycles. The lowest BCUT2D eigenvalue weighted by atomic mass is 10.3. The number of aryl methyl sites for hydroxylation is 1. The van der Waals surface area contributed by atoms with Gasteiger partial charge < -0.3 is 9.73 Å². The molecule has 0 saturated carbocycles. The summed E-state index contributed by atoms with van der Waals surface area (Å²) >= 11 is 0. The van der Waals surface area contributed by atoms with E-state index in [2.05, 4.69) is 15.5 Å². The van der Waals surface area contributed by atoms with Crippen LogP contribution in [0.15, 0.2) is 28.8 Å². The van der Waals surface area contributed by atoms with E-state index in [1.165, 1.54) is 30.1 Å². The van der Waals surface area contributed by atoms with Gasteiger partial charge >= 0.3 is 0 Å². The molecule has 0 aromatic carbocycles. The zero-order valence-electron chi connectivity index (χ0n) is 14.2. The van der Waals surface area contributed by atoms with E-state index in [-0.39, 0.29) is 29.4 Å². The summed E-state index contributed by atoms with van der Waals surface area (Å²) in [6.45, 7) is -0.366. The van der Waals surface area contributed by atoms with Crippen LogP contribution in [0.1, 0.15) is 46.1 Å². The van der Waals surface area contributed by atoms with Crippen LogP contribution in [0.4, 0.5) is 23.4 Å². The number of rotatable bonds is 6. The van der Waals surface area contributed by atoms with Gasteiger partial charge in [0.1, 0.15) is 34.6 Å². The normalized spacial score (nSPS) is 11.2. The van der Waals surface area contributed by atoms with Crippen LogP contribution in [0.2, 0.25) is 0 Å². The topological polar surface area (TPSA) is 102 Å². The minimum Gasteiger partial charge on any atom is -0.454 e. The van der Waals surface area contributed by atoms with Crippen LogP contribution in [0, 0.1) is 11.3 Å². The molecule has 0 atom stereocenters. The lowest BCUT2D eigenvalue weighted by molar-refractivity contribution is 0.0993. The van der Waals surface area contributed by atoms with Crippen LogP contribution in [0.5, 0.6) is 0 Å². The molecule has 0 spiro atoms. The molecule has 28 heavy (non-hydrogen) atoms. The van der Waals surface area contributed by atoms with Crippen molar-refractivity contribution in [2.45, 2.75) is 19.4 Å². The van der Waals surface area contributed by atoms with Crippen molar-refractivity contribution in [2.75, 3.05) is 5.32 Å². The van der Waals surface area contributed by atoms with E-state index < -0.39 is 30.1 Å². The maximum atomic E-state index is 13.0. The highest BCUT2D eigenvalue weighted by Gasteiger charge is 2.22. The fraction of sp³-hybridized carbons (Fsp3) is 0.250. The standard InChI is InChI=1S/C16H12F4N6O2/c1-25-15(8(5-21)6-22-25)23-16(27)12-3-2-9(28-12)7-26-11(14(19)20)4-10(24-26)13(17)18/h2-4,6,13-14H,7H2,1H3,(H,23,27). The molecule has 0 fully saturated rings. The quantitative estimate of drug-likeness (QED) is 0.645. The number of nitrogens with one attached hydrogen (secondary N) is 1. The summed E-state index contributed by atoms with van der Waals surface area (Å²) in [4.78, 5) is 12.3. The molecule has 1 N–H and O–H groups in total. The summed E-state index contributed by atoms with van der Waals surface area (Å²) in [7, 11) is 1.52. The predicted molar refractivity (Wildman–Crippen MR) is 85.8 cm³/mol. The molecule has 146 valence electrons. The highest BCUT2D eigenvalue weighted by molar-refractivity contribution is 6.02. The zero-order chi connectivity index (χ0) is 20.4. The van der Waals surface area contributed by atoms with Gasteiger partial charge in [0.2, 0.25) is 0 Å². The molecule has 12 heteroatoms. The average Bonchev–Trinajstić information content (AvgIpc) is 3.35. The van der Waals surface area contributed by atoms with Crippen LogP contribution in [-0.2, 0) is 13.6 Å². The number of carbonyl (C=O) groups excluding carboxylic acids is 1. The largest absolute Gasteiger partial charge is 0.454 e. The number of halogens is 4. The third-order valence-electron chi connectivity index (χ3n) is 3.76.